The Kier molecular flexibility index (Phi) is 37.1. The summed E-state index contributed by atoms with van der Waals surface area (Å²) in [6, 6.07) is 8.33. The standard InChI is InChI=1S/C18H30O3S.C14H28O5S.2Na.2H/c1-2-3-4-5-6-7-8-9-10-14-17-21-22(19,20)18-15-12-11-13-16-18;1-2-3-4-5-6-7-8-9-10-11-12-19-14(15)13-20(16,17)18;;;;/h11-13,15-16H,2-10,14,17H2,1H3;2-13H2,1H3,(H,16,17,18);;;;/q;;2*+1;2*-1. The maximum atomic E-state index is 11.9. The number of hydrogen-bond acceptors (Lipinski definition) is 7. The van der Waals surface area contributed by atoms with Crippen LogP contribution in [0.2, 0.25) is 0 Å². The molecule has 0 aliphatic rings. The van der Waals surface area contributed by atoms with Gasteiger partial charge in [-0.2, -0.15) is 16.8 Å². The predicted molar refractivity (Wildman–Crippen MR) is 173 cm³/mol. The molecule has 0 heterocycles. The van der Waals surface area contributed by atoms with Crippen molar-refractivity contribution in [2.75, 3.05) is 19.0 Å². The molecule has 1 rings (SSSR count). The number of benzene rings is 1. The summed E-state index contributed by atoms with van der Waals surface area (Å²) < 4.78 is 62.7. The van der Waals surface area contributed by atoms with Gasteiger partial charge in [-0.25, -0.2) is 0 Å². The molecule has 1 N–H and O–H groups in total. The molecule has 0 bridgehead atoms. The molecule has 0 spiro atoms. The van der Waals surface area contributed by atoms with Gasteiger partial charge in [0.25, 0.3) is 20.2 Å². The van der Waals surface area contributed by atoms with Crippen LogP contribution in [-0.2, 0) is 34.0 Å². The van der Waals surface area contributed by atoms with Gasteiger partial charge in [-0.1, -0.05) is 148 Å². The summed E-state index contributed by atoms with van der Waals surface area (Å²) >= 11 is 0. The van der Waals surface area contributed by atoms with E-state index in [0.29, 0.717) is 0 Å². The van der Waals surface area contributed by atoms with Gasteiger partial charge in [-0.15, -0.1) is 0 Å². The minimum Gasteiger partial charge on any atom is -1.00 e. The first-order valence-electron chi connectivity index (χ1n) is 16.2. The third-order valence-electron chi connectivity index (χ3n) is 6.83. The first kappa shape index (κ1) is 48.9. The summed E-state index contributed by atoms with van der Waals surface area (Å²) in [6.07, 6.45) is 24.1. The SMILES string of the molecule is CCCCCCCCCCCCOC(=O)CS(=O)(=O)O.CCCCCCCCCCCCOS(=O)(=O)c1ccccc1.[H-].[H-].[Na+].[Na+]. The second-order valence-corrected chi connectivity index (χ2v) is 14.0. The van der Waals surface area contributed by atoms with E-state index in [4.69, 9.17) is 13.5 Å². The largest absolute Gasteiger partial charge is 1.00 e. The molecule has 0 fully saturated rings. The average molecular weight is 683 g/mol. The zero-order valence-electron chi connectivity index (χ0n) is 30.3. The van der Waals surface area contributed by atoms with E-state index in [2.05, 4.69) is 13.8 Å². The minimum atomic E-state index is -4.26. The molecule has 0 aliphatic carbocycles. The van der Waals surface area contributed by atoms with Crippen molar-refractivity contribution in [1.82, 2.24) is 0 Å². The topological polar surface area (TPSA) is 124 Å². The van der Waals surface area contributed by atoms with Crippen LogP contribution in [0.15, 0.2) is 35.2 Å². The Bertz CT molecular complexity index is 987. The number of unbranched alkanes of at least 4 members (excludes halogenated alkanes) is 18. The van der Waals surface area contributed by atoms with Crippen molar-refractivity contribution >= 4 is 26.2 Å². The van der Waals surface area contributed by atoms with Crippen LogP contribution in [0.25, 0.3) is 0 Å². The summed E-state index contributed by atoms with van der Waals surface area (Å²) in [6.45, 7) is 4.96. The molecule has 0 saturated heterocycles. The Morgan fingerprint density at radius 1 is 0.614 bits per heavy atom. The number of carbonyl (C=O) groups excluding carboxylic acids is 1. The van der Waals surface area contributed by atoms with Crippen LogP contribution in [0.4, 0.5) is 0 Å². The third kappa shape index (κ3) is 33.9. The first-order valence-corrected chi connectivity index (χ1v) is 19.2. The van der Waals surface area contributed by atoms with Gasteiger partial charge in [0.1, 0.15) is 0 Å². The summed E-state index contributed by atoms with van der Waals surface area (Å²) in [5.41, 5.74) is 0. The number of hydrogen-bond donors (Lipinski definition) is 1. The summed E-state index contributed by atoms with van der Waals surface area (Å²) in [5, 5.41) is 0. The molecular weight excluding hydrogens is 622 g/mol. The van der Waals surface area contributed by atoms with E-state index in [1.807, 2.05) is 0 Å². The van der Waals surface area contributed by atoms with E-state index in [1.165, 1.54) is 96.3 Å². The number of esters is 1. The van der Waals surface area contributed by atoms with Crippen molar-refractivity contribution in [2.45, 2.75) is 147 Å². The molecule has 0 aromatic heterocycles. The van der Waals surface area contributed by atoms with Crippen LogP contribution in [0.3, 0.4) is 0 Å². The molecule has 0 atom stereocenters. The van der Waals surface area contributed by atoms with Crippen molar-refractivity contribution < 1.29 is 97.1 Å². The molecule has 1 aromatic rings. The monoisotopic (exact) mass is 682 g/mol. The van der Waals surface area contributed by atoms with E-state index in [9.17, 15) is 21.6 Å². The second kappa shape index (κ2) is 33.4. The van der Waals surface area contributed by atoms with Gasteiger partial charge in [0.2, 0.25) is 0 Å². The van der Waals surface area contributed by atoms with E-state index >= 15 is 0 Å². The van der Waals surface area contributed by atoms with Crippen molar-refractivity contribution in [2.24, 2.45) is 0 Å². The smallest absolute Gasteiger partial charge is 1.00 e. The van der Waals surface area contributed by atoms with Crippen LogP contribution in [0.1, 0.15) is 145 Å². The van der Waals surface area contributed by atoms with Crippen LogP contribution in [-0.4, -0.2) is 46.3 Å². The second-order valence-electron chi connectivity index (χ2n) is 10.9. The summed E-state index contributed by atoms with van der Waals surface area (Å²) in [5.74, 6) is -1.84. The minimum absolute atomic E-state index is 0. The maximum absolute atomic E-state index is 11.9. The number of carbonyl (C=O) groups is 1. The average Bonchev–Trinajstić information content (AvgIpc) is 2.94. The van der Waals surface area contributed by atoms with Crippen LogP contribution < -0.4 is 59.1 Å². The summed E-state index contributed by atoms with van der Waals surface area (Å²) in [4.78, 5) is 11.2. The Morgan fingerprint density at radius 2 is 0.977 bits per heavy atom. The number of ether oxygens (including phenoxy) is 1. The van der Waals surface area contributed by atoms with Crippen molar-refractivity contribution in [3.05, 3.63) is 30.3 Å². The van der Waals surface area contributed by atoms with Crippen LogP contribution >= 0.6 is 0 Å². The van der Waals surface area contributed by atoms with Gasteiger partial charge >= 0.3 is 65.1 Å². The molecule has 250 valence electrons. The van der Waals surface area contributed by atoms with E-state index in [1.54, 1.807) is 30.3 Å². The van der Waals surface area contributed by atoms with Gasteiger partial charge in [-0.05, 0) is 25.0 Å². The zero-order chi connectivity index (χ0) is 31.4. The predicted octanol–water partition coefficient (Wildman–Crippen LogP) is 2.88. The molecule has 1 aromatic carbocycles. The number of rotatable bonds is 26. The van der Waals surface area contributed by atoms with Gasteiger partial charge in [0.15, 0.2) is 5.75 Å². The molecule has 0 amide bonds. The Balaban J connectivity index is -0.000000225. The molecule has 0 radical (unpaired) electrons. The van der Waals surface area contributed by atoms with Gasteiger partial charge < -0.3 is 7.59 Å². The Hall–Kier alpha value is 0.510. The first-order chi connectivity index (χ1) is 20.1. The Labute approximate surface area is 317 Å². The van der Waals surface area contributed by atoms with Crippen LogP contribution in [0.5, 0.6) is 0 Å². The molecule has 44 heavy (non-hydrogen) atoms. The van der Waals surface area contributed by atoms with Gasteiger partial charge in [-0.3, -0.25) is 13.5 Å². The molecule has 0 aliphatic heterocycles. The normalized spacial score (nSPS) is 11.1. The quantitative estimate of drug-likeness (QED) is 0.0521. The van der Waals surface area contributed by atoms with Crippen molar-refractivity contribution in [1.29, 1.82) is 0 Å². The maximum Gasteiger partial charge on any atom is 1.00 e. The fourth-order valence-corrected chi connectivity index (χ4v) is 5.72. The van der Waals surface area contributed by atoms with Crippen molar-refractivity contribution in [3.63, 3.8) is 0 Å². The zero-order valence-corrected chi connectivity index (χ0v) is 33.9. The van der Waals surface area contributed by atoms with Crippen molar-refractivity contribution in [3.8, 4) is 0 Å². The molecule has 0 saturated carbocycles. The molecule has 8 nitrogen and oxygen atoms in total. The van der Waals surface area contributed by atoms with Gasteiger partial charge in [0, 0.05) is 0 Å². The summed E-state index contributed by atoms with van der Waals surface area (Å²) in [7, 11) is -7.83. The van der Waals surface area contributed by atoms with E-state index in [0.717, 1.165) is 32.1 Å². The molecular formula is C32H60Na2O8S2. The molecule has 0 unspecified atom stereocenters. The van der Waals surface area contributed by atoms with Crippen LogP contribution in [0, 0.1) is 0 Å². The Morgan fingerprint density at radius 3 is 1.36 bits per heavy atom. The van der Waals surface area contributed by atoms with E-state index < -0.39 is 32.0 Å². The van der Waals surface area contributed by atoms with E-state index in [-0.39, 0.29) is 80.1 Å². The molecule has 12 heteroatoms. The third-order valence-corrected chi connectivity index (χ3v) is 8.76. The fraction of sp³-hybridized carbons (Fsp3) is 0.781. The fourth-order valence-electron chi connectivity index (χ4n) is 4.38. The van der Waals surface area contributed by atoms with Gasteiger partial charge in [0.05, 0.1) is 18.1 Å².